The molecule has 1 aromatic carbocycles. The van der Waals surface area contributed by atoms with E-state index in [4.69, 9.17) is 0 Å². The second-order valence-electron chi connectivity index (χ2n) is 4.13. The van der Waals surface area contributed by atoms with Gasteiger partial charge in [0.2, 0.25) is 0 Å². The van der Waals surface area contributed by atoms with Gasteiger partial charge in [0, 0.05) is 41.6 Å². The van der Waals surface area contributed by atoms with Crippen LogP contribution in [-0.2, 0) is 0 Å². The van der Waals surface area contributed by atoms with E-state index in [0.717, 1.165) is 16.0 Å². The third kappa shape index (κ3) is 2.00. The number of hydrogen-bond donors (Lipinski definition) is 0. The van der Waals surface area contributed by atoms with E-state index in [-0.39, 0.29) is 11.0 Å². The second-order valence-corrected chi connectivity index (χ2v) is 5.52. The highest BCUT2D eigenvalue weighted by Gasteiger charge is 2.27. The average Bonchev–Trinajstić information content (AvgIpc) is 2.24. The molecule has 1 atom stereocenters. The first-order valence-corrected chi connectivity index (χ1v) is 6.16. The van der Waals surface area contributed by atoms with E-state index in [0.29, 0.717) is 0 Å². The van der Waals surface area contributed by atoms with Gasteiger partial charge in [-0.3, -0.25) is 4.79 Å². The fourth-order valence-corrected chi connectivity index (χ4v) is 2.91. The molecule has 0 saturated heterocycles. The lowest BCUT2D eigenvalue weighted by Gasteiger charge is -2.24. The van der Waals surface area contributed by atoms with Crippen molar-refractivity contribution in [1.82, 2.24) is 4.90 Å². The monoisotopic (exact) mass is 233 g/mol. The fraction of sp³-hybridized carbons (Fsp3) is 0.308. The summed E-state index contributed by atoms with van der Waals surface area (Å²) in [7, 11) is 3.89. The number of carbonyl (C=O) groups is 1. The van der Waals surface area contributed by atoms with Gasteiger partial charge in [-0.15, -0.1) is 11.8 Å². The van der Waals surface area contributed by atoms with Crippen molar-refractivity contribution in [2.75, 3.05) is 14.1 Å². The van der Waals surface area contributed by atoms with Gasteiger partial charge in [0.15, 0.2) is 5.78 Å². The summed E-state index contributed by atoms with van der Waals surface area (Å²) in [6, 6.07) is 7.81. The molecule has 1 aromatic rings. The molecule has 16 heavy (non-hydrogen) atoms. The van der Waals surface area contributed by atoms with Crippen LogP contribution in [0.4, 0.5) is 0 Å². The zero-order valence-corrected chi connectivity index (χ0v) is 10.5. The highest BCUT2D eigenvalue weighted by molar-refractivity contribution is 8.00. The summed E-state index contributed by atoms with van der Waals surface area (Å²) in [5.74, 6) is 0.163. The topological polar surface area (TPSA) is 20.3 Å². The summed E-state index contributed by atoms with van der Waals surface area (Å²) in [4.78, 5) is 15.3. The zero-order valence-electron chi connectivity index (χ0n) is 9.73. The minimum absolute atomic E-state index is 0.163. The van der Waals surface area contributed by atoms with Crippen LogP contribution in [0.25, 0.3) is 0 Å². The Morgan fingerprint density at radius 3 is 2.69 bits per heavy atom. The van der Waals surface area contributed by atoms with Gasteiger partial charge < -0.3 is 4.90 Å². The van der Waals surface area contributed by atoms with Crippen LogP contribution in [0.2, 0.25) is 0 Å². The molecule has 0 bridgehead atoms. The summed E-state index contributed by atoms with van der Waals surface area (Å²) in [5.41, 5.74) is 1.72. The normalized spacial score (nSPS) is 22.1. The molecule has 2 nitrogen and oxygen atoms in total. The fourth-order valence-electron chi connectivity index (χ4n) is 1.79. The number of carbonyl (C=O) groups excluding carboxylic acids is 1. The van der Waals surface area contributed by atoms with Gasteiger partial charge in [-0.25, -0.2) is 0 Å². The molecular weight excluding hydrogens is 218 g/mol. The molecule has 1 unspecified atom stereocenters. The van der Waals surface area contributed by atoms with Crippen molar-refractivity contribution in [3.63, 3.8) is 0 Å². The number of hydrogen-bond acceptors (Lipinski definition) is 3. The SMILES string of the molecule is CC1Sc2ccccc2C(=O)C1=CN(C)C. The van der Waals surface area contributed by atoms with E-state index in [2.05, 4.69) is 6.92 Å². The molecule has 2 rings (SSSR count). The van der Waals surface area contributed by atoms with Crippen molar-refractivity contribution >= 4 is 17.5 Å². The van der Waals surface area contributed by atoms with Crippen molar-refractivity contribution in [2.24, 2.45) is 0 Å². The lowest BCUT2D eigenvalue weighted by atomic mass is 10.0. The van der Waals surface area contributed by atoms with Crippen LogP contribution in [0.1, 0.15) is 17.3 Å². The maximum Gasteiger partial charge on any atom is 0.192 e. The lowest BCUT2D eigenvalue weighted by molar-refractivity contribution is 0.102. The lowest BCUT2D eigenvalue weighted by Crippen LogP contribution is -2.21. The maximum atomic E-state index is 12.3. The molecule has 0 N–H and O–H groups in total. The van der Waals surface area contributed by atoms with E-state index >= 15 is 0 Å². The Morgan fingerprint density at radius 2 is 2.00 bits per heavy atom. The largest absolute Gasteiger partial charge is 0.383 e. The number of thioether (sulfide) groups is 1. The van der Waals surface area contributed by atoms with Crippen LogP contribution in [0.15, 0.2) is 40.9 Å². The molecule has 3 heteroatoms. The maximum absolute atomic E-state index is 12.3. The first-order valence-electron chi connectivity index (χ1n) is 5.28. The summed E-state index contributed by atoms with van der Waals surface area (Å²) in [6.45, 7) is 2.08. The number of ketones is 1. The molecule has 1 aliphatic heterocycles. The van der Waals surface area contributed by atoms with Crippen LogP contribution in [0.3, 0.4) is 0 Å². The molecule has 0 saturated carbocycles. The second kappa shape index (κ2) is 4.34. The highest BCUT2D eigenvalue weighted by atomic mass is 32.2. The number of rotatable bonds is 1. The molecule has 1 heterocycles. The summed E-state index contributed by atoms with van der Waals surface area (Å²) in [5, 5.41) is 0.227. The number of Topliss-reactive ketones (excluding diaryl/α,β-unsaturated/α-hetero) is 1. The average molecular weight is 233 g/mol. The smallest absolute Gasteiger partial charge is 0.192 e. The first-order chi connectivity index (χ1) is 7.59. The van der Waals surface area contributed by atoms with E-state index in [1.807, 2.05) is 49.5 Å². The van der Waals surface area contributed by atoms with Crippen molar-refractivity contribution in [1.29, 1.82) is 0 Å². The van der Waals surface area contributed by atoms with Crippen LogP contribution in [-0.4, -0.2) is 30.0 Å². The van der Waals surface area contributed by atoms with E-state index in [1.165, 1.54) is 0 Å². The third-order valence-corrected chi connectivity index (χ3v) is 3.75. The molecule has 1 aliphatic rings. The first kappa shape index (κ1) is 11.3. The van der Waals surface area contributed by atoms with Gasteiger partial charge >= 0.3 is 0 Å². The summed E-state index contributed by atoms with van der Waals surface area (Å²) in [6.07, 6.45) is 1.93. The Morgan fingerprint density at radius 1 is 1.31 bits per heavy atom. The predicted molar refractivity (Wildman–Crippen MR) is 67.9 cm³/mol. The minimum Gasteiger partial charge on any atom is -0.383 e. The van der Waals surface area contributed by atoms with Crippen molar-refractivity contribution in [2.45, 2.75) is 17.1 Å². The van der Waals surface area contributed by atoms with Gasteiger partial charge in [-0.2, -0.15) is 0 Å². The quantitative estimate of drug-likeness (QED) is 0.696. The molecule has 0 fully saturated rings. The van der Waals surface area contributed by atoms with Crippen LogP contribution < -0.4 is 0 Å². The third-order valence-electron chi connectivity index (χ3n) is 2.53. The summed E-state index contributed by atoms with van der Waals surface area (Å²) < 4.78 is 0. The van der Waals surface area contributed by atoms with Crippen LogP contribution >= 0.6 is 11.8 Å². The van der Waals surface area contributed by atoms with Gasteiger partial charge in [-0.1, -0.05) is 12.1 Å². The van der Waals surface area contributed by atoms with Gasteiger partial charge in [0.25, 0.3) is 0 Å². The zero-order chi connectivity index (χ0) is 11.7. The number of nitrogens with zero attached hydrogens (tertiary/aromatic N) is 1. The Bertz CT molecular complexity index is 451. The summed E-state index contributed by atoms with van der Waals surface area (Å²) >= 11 is 1.75. The van der Waals surface area contributed by atoms with Crippen molar-refractivity contribution in [3.8, 4) is 0 Å². The van der Waals surface area contributed by atoms with Gasteiger partial charge in [-0.05, 0) is 19.1 Å². The highest BCUT2D eigenvalue weighted by Crippen LogP contribution is 2.37. The van der Waals surface area contributed by atoms with E-state index < -0.39 is 0 Å². The number of benzene rings is 1. The van der Waals surface area contributed by atoms with E-state index in [1.54, 1.807) is 11.8 Å². The predicted octanol–water partition coefficient (Wildman–Crippen LogP) is 2.81. The molecule has 0 spiro atoms. The Labute approximate surface area is 100 Å². The molecule has 0 radical (unpaired) electrons. The standard InChI is InChI=1S/C13H15NOS/c1-9-11(8-14(2)3)13(15)10-6-4-5-7-12(10)16-9/h4-9H,1-3H3. The Balaban J connectivity index is 2.46. The van der Waals surface area contributed by atoms with Crippen LogP contribution in [0, 0.1) is 0 Å². The minimum atomic E-state index is 0.163. The van der Waals surface area contributed by atoms with Crippen molar-refractivity contribution < 1.29 is 4.79 Å². The van der Waals surface area contributed by atoms with Crippen LogP contribution in [0.5, 0.6) is 0 Å². The molecule has 0 aromatic heterocycles. The Kier molecular flexibility index (Phi) is 3.06. The molecule has 0 amide bonds. The molecular formula is C13H15NOS. The number of fused-ring (bicyclic) bond motifs is 1. The molecule has 84 valence electrons. The van der Waals surface area contributed by atoms with Gasteiger partial charge in [0.1, 0.15) is 0 Å². The molecule has 0 aliphatic carbocycles. The van der Waals surface area contributed by atoms with Crippen molar-refractivity contribution in [3.05, 3.63) is 41.6 Å². The van der Waals surface area contributed by atoms with Gasteiger partial charge in [0.05, 0.1) is 0 Å². The van der Waals surface area contributed by atoms with E-state index in [9.17, 15) is 4.79 Å². The Hall–Kier alpha value is -1.22.